The first kappa shape index (κ1) is 15.3. The highest BCUT2D eigenvalue weighted by molar-refractivity contribution is 7.85. The monoisotopic (exact) mass is 306 g/mol. The summed E-state index contributed by atoms with van der Waals surface area (Å²) in [5, 5.41) is 0. The van der Waals surface area contributed by atoms with E-state index in [4.69, 9.17) is 16.0 Å². The SMILES string of the molecule is Nc1ccc(-c2ccc(N)cc2CCCS(=O)(=O)O)cc1. The Balaban J connectivity index is 2.27. The van der Waals surface area contributed by atoms with Gasteiger partial charge in [-0.25, -0.2) is 0 Å². The maximum atomic E-state index is 10.8. The average Bonchev–Trinajstić information content (AvgIpc) is 2.39. The lowest BCUT2D eigenvalue weighted by Crippen LogP contribution is -2.05. The molecule has 6 heteroatoms. The van der Waals surface area contributed by atoms with Crippen molar-refractivity contribution in [1.82, 2.24) is 0 Å². The molecule has 2 aromatic rings. The smallest absolute Gasteiger partial charge is 0.264 e. The van der Waals surface area contributed by atoms with Crippen LogP contribution < -0.4 is 11.5 Å². The maximum Gasteiger partial charge on any atom is 0.264 e. The van der Waals surface area contributed by atoms with Crippen LogP contribution in [0.4, 0.5) is 11.4 Å². The van der Waals surface area contributed by atoms with Crippen molar-refractivity contribution in [1.29, 1.82) is 0 Å². The lowest BCUT2D eigenvalue weighted by Gasteiger charge is -2.11. The van der Waals surface area contributed by atoms with E-state index < -0.39 is 10.1 Å². The predicted molar refractivity (Wildman–Crippen MR) is 85.4 cm³/mol. The molecule has 21 heavy (non-hydrogen) atoms. The van der Waals surface area contributed by atoms with Crippen LogP contribution in [0, 0.1) is 0 Å². The van der Waals surface area contributed by atoms with E-state index in [2.05, 4.69) is 0 Å². The van der Waals surface area contributed by atoms with E-state index in [1.807, 2.05) is 36.4 Å². The van der Waals surface area contributed by atoms with Gasteiger partial charge in [-0.3, -0.25) is 4.55 Å². The van der Waals surface area contributed by atoms with Crippen LogP contribution in [0.25, 0.3) is 11.1 Å². The second-order valence-corrected chi connectivity index (χ2v) is 6.50. The first-order chi connectivity index (χ1) is 9.85. The van der Waals surface area contributed by atoms with Crippen molar-refractivity contribution < 1.29 is 13.0 Å². The largest absolute Gasteiger partial charge is 0.399 e. The standard InChI is InChI=1S/C15H18N2O3S/c16-13-5-3-11(4-6-13)15-8-7-14(17)10-12(15)2-1-9-21(18,19)20/h3-8,10H,1-2,9,16-17H2,(H,18,19,20). The molecule has 5 N–H and O–H groups in total. The number of aryl methyl sites for hydroxylation is 1. The average molecular weight is 306 g/mol. The number of anilines is 2. The van der Waals surface area contributed by atoms with Gasteiger partial charge in [-0.05, 0) is 53.8 Å². The van der Waals surface area contributed by atoms with E-state index in [0.717, 1.165) is 16.7 Å². The Morgan fingerprint density at radius 3 is 2.19 bits per heavy atom. The summed E-state index contributed by atoms with van der Waals surface area (Å²) >= 11 is 0. The normalized spacial score (nSPS) is 11.5. The number of rotatable bonds is 5. The second-order valence-electron chi connectivity index (χ2n) is 4.93. The Labute approximate surface area is 124 Å². The van der Waals surface area contributed by atoms with Gasteiger partial charge in [0.15, 0.2) is 0 Å². The van der Waals surface area contributed by atoms with Crippen molar-refractivity contribution in [3.8, 4) is 11.1 Å². The summed E-state index contributed by atoms with van der Waals surface area (Å²) in [6.45, 7) is 0. The van der Waals surface area contributed by atoms with E-state index in [9.17, 15) is 8.42 Å². The van der Waals surface area contributed by atoms with Crippen LogP contribution in [0.3, 0.4) is 0 Å². The van der Waals surface area contributed by atoms with Crippen molar-refractivity contribution in [2.45, 2.75) is 12.8 Å². The number of nitrogens with two attached hydrogens (primary N) is 2. The summed E-state index contributed by atoms with van der Waals surface area (Å²) in [7, 11) is -3.94. The lowest BCUT2D eigenvalue weighted by atomic mass is 9.96. The fourth-order valence-electron chi connectivity index (χ4n) is 2.21. The molecule has 2 aromatic carbocycles. The highest BCUT2D eigenvalue weighted by Crippen LogP contribution is 2.27. The van der Waals surface area contributed by atoms with Crippen molar-refractivity contribution in [3.63, 3.8) is 0 Å². The fraction of sp³-hybridized carbons (Fsp3) is 0.200. The molecule has 0 aromatic heterocycles. The van der Waals surface area contributed by atoms with Crippen LogP contribution in [0.5, 0.6) is 0 Å². The van der Waals surface area contributed by atoms with Crippen LogP contribution in [0.15, 0.2) is 42.5 Å². The third kappa shape index (κ3) is 4.47. The van der Waals surface area contributed by atoms with E-state index in [0.29, 0.717) is 24.2 Å². The number of hydrogen-bond acceptors (Lipinski definition) is 4. The molecule has 0 aliphatic carbocycles. The highest BCUT2D eigenvalue weighted by Gasteiger charge is 2.09. The molecule has 0 amide bonds. The van der Waals surface area contributed by atoms with Crippen molar-refractivity contribution in [3.05, 3.63) is 48.0 Å². The van der Waals surface area contributed by atoms with Crippen LogP contribution in [0.2, 0.25) is 0 Å². The predicted octanol–water partition coefficient (Wildman–Crippen LogP) is 2.34. The molecule has 0 aliphatic rings. The summed E-state index contributed by atoms with van der Waals surface area (Å²) < 4.78 is 30.4. The first-order valence-corrected chi connectivity index (χ1v) is 8.15. The quantitative estimate of drug-likeness (QED) is 0.580. The van der Waals surface area contributed by atoms with E-state index in [1.165, 1.54) is 0 Å². The minimum Gasteiger partial charge on any atom is -0.399 e. The molecule has 0 spiro atoms. The summed E-state index contributed by atoms with van der Waals surface area (Å²) in [6.07, 6.45) is 0.856. The summed E-state index contributed by atoms with van der Waals surface area (Å²) in [6, 6.07) is 13.0. The molecule has 5 nitrogen and oxygen atoms in total. The van der Waals surface area contributed by atoms with Gasteiger partial charge in [0.05, 0.1) is 5.75 Å². The molecule has 0 bridgehead atoms. The first-order valence-electron chi connectivity index (χ1n) is 6.54. The van der Waals surface area contributed by atoms with Gasteiger partial charge in [0.25, 0.3) is 10.1 Å². The Kier molecular flexibility index (Phi) is 4.50. The molecule has 2 rings (SSSR count). The topological polar surface area (TPSA) is 106 Å². The molecule has 0 unspecified atom stereocenters. The molecule has 0 aliphatic heterocycles. The zero-order chi connectivity index (χ0) is 15.5. The van der Waals surface area contributed by atoms with E-state index in [-0.39, 0.29) is 5.75 Å². The van der Waals surface area contributed by atoms with Gasteiger partial charge in [-0.1, -0.05) is 18.2 Å². The number of benzene rings is 2. The Bertz CT molecular complexity index is 725. The van der Waals surface area contributed by atoms with Crippen LogP contribution in [-0.2, 0) is 16.5 Å². The van der Waals surface area contributed by atoms with Crippen molar-refractivity contribution >= 4 is 21.5 Å². The molecule has 0 fully saturated rings. The molecule has 112 valence electrons. The Hall–Kier alpha value is -2.05. The molecule has 0 saturated carbocycles. The summed E-state index contributed by atoms with van der Waals surface area (Å²) in [5.41, 5.74) is 15.7. The molecule has 0 heterocycles. The second kappa shape index (κ2) is 6.15. The van der Waals surface area contributed by atoms with Gasteiger partial charge in [-0.2, -0.15) is 8.42 Å². The zero-order valence-corrected chi connectivity index (χ0v) is 12.3. The minimum atomic E-state index is -3.94. The third-order valence-electron chi connectivity index (χ3n) is 3.20. The van der Waals surface area contributed by atoms with E-state index in [1.54, 1.807) is 6.07 Å². The van der Waals surface area contributed by atoms with Gasteiger partial charge in [0, 0.05) is 11.4 Å². The van der Waals surface area contributed by atoms with Crippen LogP contribution in [-0.4, -0.2) is 18.7 Å². The fourth-order valence-corrected chi connectivity index (χ4v) is 2.72. The zero-order valence-electron chi connectivity index (χ0n) is 11.5. The molecule has 0 atom stereocenters. The number of nitrogen functional groups attached to an aromatic ring is 2. The van der Waals surface area contributed by atoms with Crippen molar-refractivity contribution in [2.75, 3.05) is 17.2 Å². The van der Waals surface area contributed by atoms with E-state index >= 15 is 0 Å². The summed E-state index contributed by atoms with van der Waals surface area (Å²) in [4.78, 5) is 0. The minimum absolute atomic E-state index is 0.261. The Morgan fingerprint density at radius 2 is 1.57 bits per heavy atom. The van der Waals surface area contributed by atoms with Gasteiger partial charge in [0.2, 0.25) is 0 Å². The van der Waals surface area contributed by atoms with Gasteiger partial charge >= 0.3 is 0 Å². The van der Waals surface area contributed by atoms with Crippen LogP contribution >= 0.6 is 0 Å². The van der Waals surface area contributed by atoms with Crippen LogP contribution in [0.1, 0.15) is 12.0 Å². The summed E-state index contributed by atoms with van der Waals surface area (Å²) in [5.74, 6) is -0.261. The number of hydrogen-bond donors (Lipinski definition) is 3. The molecule has 0 saturated heterocycles. The Morgan fingerprint density at radius 1 is 0.952 bits per heavy atom. The maximum absolute atomic E-state index is 10.8. The van der Waals surface area contributed by atoms with Gasteiger partial charge < -0.3 is 11.5 Å². The third-order valence-corrected chi connectivity index (χ3v) is 4.00. The van der Waals surface area contributed by atoms with Crippen molar-refractivity contribution in [2.24, 2.45) is 0 Å². The van der Waals surface area contributed by atoms with Gasteiger partial charge in [-0.15, -0.1) is 0 Å². The molecular weight excluding hydrogens is 288 g/mol. The molecular formula is C15H18N2O3S. The van der Waals surface area contributed by atoms with Gasteiger partial charge in [0.1, 0.15) is 0 Å². The lowest BCUT2D eigenvalue weighted by molar-refractivity contribution is 0.481. The molecule has 0 radical (unpaired) electrons. The highest BCUT2D eigenvalue weighted by atomic mass is 32.2.